The lowest BCUT2D eigenvalue weighted by atomic mass is 10.2. The largest absolute Gasteiger partial charge is 0.490 e. The maximum absolute atomic E-state index is 12.9. The Morgan fingerprint density at radius 2 is 1.90 bits per heavy atom. The lowest BCUT2D eigenvalue weighted by Crippen LogP contribution is -2.16. The molecule has 0 N–H and O–H groups in total. The van der Waals surface area contributed by atoms with Crippen LogP contribution in [0.25, 0.3) is 10.2 Å². The number of terminal acetylenes is 1. The third-order valence-electron chi connectivity index (χ3n) is 4.41. The van der Waals surface area contributed by atoms with E-state index in [9.17, 15) is 4.79 Å². The molecule has 0 atom stereocenters. The van der Waals surface area contributed by atoms with E-state index >= 15 is 0 Å². The maximum atomic E-state index is 12.9. The molecule has 1 aliphatic heterocycles. The summed E-state index contributed by atoms with van der Waals surface area (Å²) in [6, 6.07) is 8.78. The summed E-state index contributed by atoms with van der Waals surface area (Å²) < 4.78 is 24.8. The van der Waals surface area contributed by atoms with Gasteiger partial charge in [0.25, 0.3) is 5.91 Å². The molecule has 3 aromatic rings. The second kappa shape index (κ2) is 8.51. The van der Waals surface area contributed by atoms with Crippen molar-refractivity contribution in [1.82, 2.24) is 4.57 Å². The van der Waals surface area contributed by atoms with E-state index in [1.807, 2.05) is 30.5 Å². The average molecular weight is 424 g/mol. The zero-order chi connectivity index (χ0) is 21.1. The Hall–Kier alpha value is -3.44. The minimum atomic E-state index is -0.392. The molecule has 0 unspecified atom stereocenters. The highest BCUT2D eigenvalue weighted by Crippen LogP contribution is 2.37. The first-order valence-electron chi connectivity index (χ1n) is 9.49. The number of nitrogens with zero attached hydrogens (tertiary/aromatic N) is 2. The van der Waals surface area contributed by atoms with Gasteiger partial charge in [0.15, 0.2) is 27.8 Å². The van der Waals surface area contributed by atoms with E-state index in [1.165, 1.54) is 11.3 Å². The first-order valence-corrected chi connectivity index (χ1v) is 10.3. The molecule has 154 valence electrons. The Morgan fingerprint density at radius 1 is 1.17 bits per heavy atom. The number of aromatic nitrogens is 1. The van der Waals surface area contributed by atoms with Gasteiger partial charge in [0.1, 0.15) is 0 Å². The summed E-state index contributed by atoms with van der Waals surface area (Å²) in [6.07, 6.45) is 5.55. The lowest BCUT2D eigenvalue weighted by Gasteiger charge is -2.11. The van der Waals surface area contributed by atoms with Gasteiger partial charge >= 0.3 is 0 Å². The molecule has 0 saturated carbocycles. The highest BCUT2D eigenvalue weighted by molar-refractivity contribution is 7.16. The predicted molar refractivity (Wildman–Crippen MR) is 113 cm³/mol. The summed E-state index contributed by atoms with van der Waals surface area (Å²) in [5.41, 5.74) is 1.25. The van der Waals surface area contributed by atoms with Crippen LogP contribution in [-0.4, -0.2) is 30.5 Å². The number of hydrogen-bond donors (Lipinski definition) is 0. The molecular formula is C22H20N2O5S. The summed E-state index contributed by atoms with van der Waals surface area (Å²) in [6.45, 7) is 5.20. The standard InChI is InChI=1S/C22H20N2O5S/c1-4-9-24-15-11-18-19(29-13-28-18)12-20(15)30-22(24)23-21(25)14-7-8-16(26-5-2)17(10-14)27-6-3/h1,7-8,10-12H,5-6,9,13H2,2-3H3. The molecule has 0 bridgehead atoms. The molecule has 0 aliphatic carbocycles. The van der Waals surface area contributed by atoms with Crippen LogP contribution in [0.3, 0.4) is 0 Å². The number of rotatable bonds is 6. The molecule has 1 amide bonds. The number of thiazole rings is 1. The zero-order valence-corrected chi connectivity index (χ0v) is 17.5. The third kappa shape index (κ3) is 3.72. The van der Waals surface area contributed by atoms with Crippen molar-refractivity contribution < 1.29 is 23.7 Å². The summed E-state index contributed by atoms with van der Waals surface area (Å²) in [4.78, 5) is 17.7. The van der Waals surface area contributed by atoms with Gasteiger partial charge < -0.3 is 23.5 Å². The fourth-order valence-electron chi connectivity index (χ4n) is 3.12. The Kier molecular flexibility index (Phi) is 5.63. The Morgan fingerprint density at radius 3 is 2.63 bits per heavy atom. The van der Waals surface area contributed by atoms with Gasteiger partial charge in [-0.3, -0.25) is 4.79 Å². The SMILES string of the molecule is C#CCn1c(=NC(=O)c2ccc(OCC)c(OCC)c2)sc2cc3c(cc21)OCO3. The smallest absolute Gasteiger partial charge is 0.279 e. The van der Waals surface area contributed by atoms with E-state index in [1.54, 1.807) is 18.2 Å². The second-order valence-electron chi connectivity index (χ2n) is 6.29. The van der Waals surface area contributed by atoms with Crippen LogP contribution < -0.4 is 23.7 Å². The highest BCUT2D eigenvalue weighted by atomic mass is 32.1. The fourth-order valence-corrected chi connectivity index (χ4v) is 4.16. The highest BCUT2D eigenvalue weighted by Gasteiger charge is 2.18. The number of fused-ring (bicyclic) bond motifs is 2. The average Bonchev–Trinajstić information content (AvgIpc) is 3.32. The normalized spacial score (nSPS) is 12.8. The van der Waals surface area contributed by atoms with Crippen LogP contribution in [0.4, 0.5) is 0 Å². The van der Waals surface area contributed by atoms with Crippen molar-refractivity contribution in [3.05, 3.63) is 40.7 Å². The van der Waals surface area contributed by atoms with Crippen molar-refractivity contribution in [2.24, 2.45) is 4.99 Å². The molecule has 0 spiro atoms. The molecule has 1 aromatic heterocycles. The Balaban J connectivity index is 1.77. The van der Waals surface area contributed by atoms with Crippen LogP contribution in [0, 0.1) is 12.3 Å². The van der Waals surface area contributed by atoms with Gasteiger partial charge in [-0.2, -0.15) is 4.99 Å². The van der Waals surface area contributed by atoms with E-state index in [2.05, 4.69) is 10.9 Å². The van der Waals surface area contributed by atoms with Gasteiger partial charge in [0.05, 0.1) is 30.0 Å². The number of benzene rings is 2. The van der Waals surface area contributed by atoms with Gasteiger partial charge in [-0.05, 0) is 32.0 Å². The maximum Gasteiger partial charge on any atom is 0.279 e. The quantitative estimate of drug-likeness (QED) is 0.566. The van der Waals surface area contributed by atoms with Crippen molar-refractivity contribution in [1.29, 1.82) is 0 Å². The van der Waals surface area contributed by atoms with Crippen LogP contribution in [0.1, 0.15) is 24.2 Å². The molecule has 0 fully saturated rings. The van der Waals surface area contributed by atoms with Crippen LogP contribution in [0.15, 0.2) is 35.3 Å². The van der Waals surface area contributed by atoms with Crippen LogP contribution in [0.5, 0.6) is 23.0 Å². The molecule has 7 nitrogen and oxygen atoms in total. The molecule has 0 radical (unpaired) electrons. The van der Waals surface area contributed by atoms with Crippen molar-refractivity contribution in [2.45, 2.75) is 20.4 Å². The fraction of sp³-hybridized carbons (Fsp3) is 0.273. The Bertz CT molecular complexity index is 1220. The first kappa shape index (κ1) is 19.9. The molecule has 8 heteroatoms. The minimum Gasteiger partial charge on any atom is -0.490 e. The van der Waals surface area contributed by atoms with E-state index in [0.29, 0.717) is 46.6 Å². The van der Waals surface area contributed by atoms with E-state index in [0.717, 1.165) is 10.2 Å². The van der Waals surface area contributed by atoms with Gasteiger partial charge in [0, 0.05) is 17.7 Å². The van der Waals surface area contributed by atoms with Crippen molar-refractivity contribution >= 4 is 27.5 Å². The number of amides is 1. The summed E-state index contributed by atoms with van der Waals surface area (Å²) in [7, 11) is 0. The predicted octanol–water partition coefficient (Wildman–Crippen LogP) is 3.60. The lowest BCUT2D eigenvalue weighted by molar-refractivity contribution is 0.0997. The van der Waals surface area contributed by atoms with Crippen LogP contribution >= 0.6 is 11.3 Å². The van der Waals surface area contributed by atoms with Gasteiger partial charge in [-0.25, -0.2) is 0 Å². The molecular weight excluding hydrogens is 404 g/mol. The Labute approximate surface area is 177 Å². The van der Waals surface area contributed by atoms with Crippen LogP contribution in [-0.2, 0) is 6.54 Å². The van der Waals surface area contributed by atoms with Crippen molar-refractivity contribution in [3.63, 3.8) is 0 Å². The molecule has 0 saturated heterocycles. The van der Waals surface area contributed by atoms with E-state index in [-0.39, 0.29) is 13.3 Å². The number of carbonyl (C=O) groups is 1. The number of hydrogen-bond acceptors (Lipinski definition) is 6. The van der Waals surface area contributed by atoms with Gasteiger partial charge in [0.2, 0.25) is 6.79 Å². The molecule has 30 heavy (non-hydrogen) atoms. The monoisotopic (exact) mass is 424 g/mol. The van der Waals surface area contributed by atoms with E-state index < -0.39 is 5.91 Å². The van der Waals surface area contributed by atoms with Crippen molar-refractivity contribution in [3.8, 4) is 35.3 Å². The summed E-state index contributed by atoms with van der Waals surface area (Å²) in [5, 5.41) is 0. The molecule has 4 rings (SSSR count). The minimum absolute atomic E-state index is 0.192. The molecule has 1 aliphatic rings. The first-order chi connectivity index (χ1) is 14.6. The topological polar surface area (TPSA) is 71.3 Å². The van der Waals surface area contributed by atoms with Gasteiger partial charge in [-0.15, -0.1) is 6.42 Å². The number of carbonyl (C=O) groups excluding carboxylic acids is 1. The molecule has 2 heterocycles. The van der Waals surface area contributed by atoms with E-state index in [4.69, 9.17) is 25.4 Å². The van der Waals surface area contributed by atoms with Gasteiger partial charge in [-0.1, -0.05) is 17.3 Å². The second-order valence-corrected chi connectivity index (χ2v) is 7.30. The number of ether oxygens (including phenoxy) is 4. The molecule has 2 aromatic carbocycles. The third-order valence-corrected chi connectivity index (χ3v) is 5.46. The summed E-state index contributed by atoms with van der Waals surface area (Å²) in [5.74, 6) is 4.65. The van der Waals surface area contributed by atoms with Crippen LogP contribution in [0.2, 0.25) is 0 Å². The summed E-state index contributed by atoms with van der Waals surface area (Å²) >= 11 is 1.37. The zero-order valence-electron chi connectivity index (χ0n) is 16.6. The van der Waals surface area contributed by atoms with Crippen molar-refractivity contribution in [2.75, 3.05) is 20.0 Å².